The van der Waals surface area contributed by atoms with Crippen LogP contribution < -0.4 is 10.9 Å². The van der Waals surface area contributed by atoms with E-state index < -0.39 is 0 Å². The number of carbonyl (C=O) groups excluding carboxylic acids is 1. The summed E-state index contributed by atoms with van der Waals surface area (Å²) < 4.78 is 4.54. The summed E-state index contributed by atoms with van der Waals surface area (Å²) in [4.78, 5) is 28.2. The summed E-state index contributed by atoms with van der Waals surface area (Å²) in [5.74, 6) is 0.399. The van der Waals surface area contributed by atoms with Crippen molar-refractivity contribution in [3.63, 3.8) is 0 Å². The molecule has 17 heavy (non-hydrogen) atoms. The lowest BCUT2D eigenvalue weighted by molar-refractivity contribution is -0.140. The van der Waals surface area contributed by atoms with Crippen molar-refractivity contribution in [1.82, 2.24) is 9.97 Å². The minimum absolute atomic E-state index is 0.172. The molecule has 0 aromatic carbocycles. The highest BCUT2D eigenvalue weighted by molar-refractivity contribution is 5.68. The van der Waals surface area contributed by atoms with E-state index in [-0.39, 0.29) is 11.5 Å². The summed E-state index contributed by atoms with van der Waals surface area (Å²) >= 11 is 0. The van der Waals surface area contributed by atoms with Gasteiger partial charge in [0.15, 0.2) is 0 Å². The topological polar surface area (TPSA) is 84.1 Å². The van der Waals surface area contributed by atoms with Crippen molar-refractivity contribution < 1.29 is 9.53 Å². The van der Waals surface area contributed by atoms with Crippen molar-refractivity contribution >= 4 is 11.8 Å². The molecule has 94 valence electrons. The van der Waals surface area contributed by atoms with Crippen LogP contribution in [-0.4, -0.2) is 29.6 Å². The summed E-state index contributed by atoms with van der Waals surface area (Å²) in [7, 11) is 1.39. The molecular weight excluding hydrogens is 222 g/mol. The van der Waals surface area contributed by atoms with E-state index in [0.717, 1.165) is 25.8 Å². The number of hydrogen-bond donors (Lipinski definition) is 2. The van der Waals surface area contributed by atoms with E-state index in [1.54, 1.807) is 0 Å². The number of rotatable bonds is 7. The van der Waals surface area contributed by atoms with Crippen molar-refractivity contribution in [2.45, 2.75) is 25.7 Å². The Bertz CT molecular complexity index is 403. The molecule has 6 nitrogen and oxygen atoms in total. The third kappa shape index (κ3) is 5.70. The number of nitrogens with one attached hydrogen (secondary N) is 2. The third-order valence-corrected chi connectivity index (χ3v) is 2.27. The van der Waals surface area contributed by atoms with E-state index in [0.29, 0.717) is 12.2 Å². The predicted octanol–water partition coefficient (Wildman–Crippen LogP) is 0.915. The van der Waals surface area contributed by atoms with Gasteiger partial charge in [-0.15, -0.1) is 0 Å². The minimum Gasteiger partial charge on any atom is -0.469 e. The van der Waals surface area contributed by atoms with Crippen molar-refractivity contribution in [1.29, 1.82) is 0 Å². The molecule has 1 aromatic heterocycles. The van der Waals surface area contributed by atoms with Crippen molar-refractivity contribution in [3.8, 4) is 0 Å². The van der Waals surface area contributed by atoms with Gasteiger partial charge in [0.25, 0.3) is 5.56 Å². The van der Waals surface area contributed by atoms with Crippen LogP contribution in [0.2, 0.25) is 0 Å². The van der Waals surface area contributed by atoms with Crippen LogP contribution in [-0.2, 0) is 9.53 Å². The van der Waals surface area contributed by atoms with Gasteiger partial charge in [-0.2, -0.15) is 0 Å². The molecule has 0 aliphatic heterocycles. The van der Waals surface area contributed by atoms with Crippen molar-refractivity contribution in [2.75, 3.05) is 19.0 Å². The summed E-state index contributed by atoms with van der Waals surface area (Å²) in [5.41, 5.74) is -0.173. The SMILES string of the molecule is COC(=O)CCCCCNc1cc(=O)[nH]cn1. The van der Waals surface area contributed by atoms with E-state index in [1.165, 1.54) is 19.5 Å². The second-order valence-corrected chi connectivity index (χ2v) is 3.61. The second-order valence-electron chi connectivity index (χ2n) is 3.61. The van der Waals surface area contributed by atoms with Gasteiger partial charge in [-0.05, 0) is 12.8 Å². The summed E-state index contributed by atoms with van der Waals surface area (Å²) in [5, 5.41) is 3.04. The smallest absolute Gasteiger partial charge is 0.305 e. The van der Waals surface area contributed by atoms with Crippen LogP contribution in [0.5, 0.6) is 0 Å². The molecule has 6 heteroatoms. The number of carbonyl (C=O) groups is 1. The Labute approximate surface area is 99.4 Å². The van der Waals surface area contributed by atoms with E-state index >= 15 is 0 Å². The molecule has 1 rings (SSSR count). The lowest BCUT2D eigenvalue weighted by Crippen LogP contribution is -2.10. The maximum absolute atomic E-state index is 10.9. The zero-order valence-corrected chi connectivity index (χ0v) is 9.86. The highest BCUT2D eigenvalue weighted by Gasteiger charge is 1.99. The first-order chi connectivity index (χ1) is 8.22. The van der Waals surface area contributed by atoms with Gasteiger partial charge < -0.3 is 15.0 Å². The van der Waals surface area contributed by atoms with Crippen molar-refractivity contribution in [3.05, 3.63) is 22.7 Å². The first-order valence-electron chi connectivity index (χ1n) is 5.58. The first-order valence-corrected chi connectivity index (χ1v) is 5.58. The van der Waals surface area contributed by atoms with E-state index in [4.69, 9.17) is 0 Å². The Morgan fingerprint density at radius 3 is 3.00 bits per heavy atom. The predicted molar refractivity (Wildman–Crippen MR) is 63.8 cm³/mol. The lowest BCUT2D eigenvalue weighted by Gasteiger charge is -2.04. The Hall–Kier alpha value is -1.85. The second kappa shape index (κ2) is 7.43. The molecule has 0 saturated heterocycles. The maximum atomic E-state index is 10.9. The number of H-pyrrole nitrogens is 1. The maximum Gasteiger partial charge on any atom is 0.305 e. The van der Waals surface area contributed by atoms with Crippen LogP contribution >= 0.6 is 0 Å². The average molecular weight is 239 g/mol. The number of aromatic amines is 1. The van der Waals surface area contributed by atoms with E-state index in [1.807, 2.05) is 0 Å². The van der Waals surface area contributed by atoms with Crippen LogP contribution in [0.1, 0.15) is 25.7 Å². The normalized spacial score (nSPS) is 9.94. The molecular formula is C11H17N3O3. The average Bonchev–Trinajstić information content (AvgIpc) is 2.33. The standard InChI is InChI=1S/C11H17N3O3/c1-17-11(16)5-3-2-4-6-12-9-7-10(15)14-8-13-9/h7-8H,2-6H2,1H3,(H2,12,13,14,15). The van der Waals surface area contributed by atoms with Gasteiger partial charge in [-0.25, -0.2) is 4.98 Å². The Balaban J connectivity index is 2.08. The number of anilines is 1. The number of methoxy groups -OCH3 is 1. The molecule has 0 aliphatic rings. The Morgan fingerprint density at radius 1 is 1.47 bits per heavy atom. The Kier molecular flexibility index (Phi) is 5.77. The fourth-order valence-corrected chi connectivity index (χ4v) is 1.35. The fourth-order valence-electron chi connectivity index (χ4n) is 1.35. The van der Waals surface area contributed by atoms with Crippen LogP contribution in [0, 0.1) is 0 Å². The third-order valence-electron chi connectivity index (χ3n) is 2.27. The quantitative estimate of drug-likeness (QED) is 0.546. The lowest BCUT2D eigenvalue weighted by atomic mass is 10.2. The van der Waals surface area contributed by atoms with Gasteiger partial charge >= 0.3 is 5.97 Å². The first kappa shape index (κ1) is 13.2. The number of unbranched alkanes of at least 4 members (excludes halogenated alkanes) is 2. The molecule has 0 aliphatic carbocycles. The number of aromatic nitrogens is 2. The highest BCUT2D eigenvalue weighted by Crippen LogP contribution is 2.02. The molecule has 1 aromatic rings. The summed E-state index contributed by atoms with van der Waals surface area (Å²) in [6.45, 7) is 0.734. The van der Waals surface area contributed by atoms with Crippen LogP contribution in [0.3, 0.4) is 0 Å². The Morgan fingerprint density at radius 2 is 2.29 bits per heavy atom. The van der Waals surface area contributed by atoms with Gasteiger partial charge in [0.05, 0.1) is 13.4 Å². The van der Waals surface area contributed by atoms with E-state index in [2.05, 4.69) is 20.0 Å². The van der Waals surface area contributed by atoms with Crippen molar-refractivity contribution in [2.24, 2.45) is 0 Å². The fraction of sp³-hybridized carbons (Fsp3) is 0.545. The largest absolute Gasteiger partial charge is 0.469 e. The van der Waals surface area contributed by atoms with Gasteiger partial charge in [-0.1, -0.05) is 6.42 Å². The molecule has 0 saturated carbocycles. The highest BCUT2D eigenvalue weighted by atomic mass is 16.5. The van der Waals surface area contributed by atoms with Gasteiger partial charge in [0.2, 0.25) is 0 Å². The monoisotopic (exact) mass is 239 g/mol. The minimum atomic E-state index is -0.173. The summed E-state index contributed by atoms with van der Waals surface area (Å²) in [6, 6.07) is 1.41. The number of esters is 1. The molecule has 0 spiro atoms. The molecule has 0 fully saturated rings. The zero-order chi connectivity index (χ0) is 12.5. The molecule has 0 unspecified atom stereocenters. The number of hydrogen-bond acceptors (Lipinski definition) is 5. The number of nitrogens with zero attached hydrogens (tertiary/aromatic N) is 1. The van der Waals surface area contributed by atoms with Crippen LogP contribution in [0.15, 0.2) is 17.2 Å². The molecule has 0 bridgehead atoms. The molecule has 0 radical (unpaired) electrons. The molecule has 0 amide bonds. The zero-order valence-electron chi connectivity index (χ0n) is 9.86. The van der Waals surface area contributed by atoms with Crippen LogP contribution in [0.4, 0.5) is 5.82 Å². The van der Waals surface area contributed by atoms with Gasteiger partial charge in [0, 0.05) is 19.0 Å². The van der Waals surface area contributed by atoms with Crippen LogP contribution in [0.25, 0.3) is 0 Å². The van der Waals surface area contributed by atoms with Gasteiger partial charge in [0.1, 0.15) is 5.82 Å². The molecule has 2 N–H and O–H groups in total. The molecule has 0 atom stereocenters. The van der Waals surface area contributed by atoms with E-state index in [9.17, 15) is 9.59 Å². The van der Waals surface area contributed by atoms with Gasteiger partial charge in [-0.3, -0.25) is 9.59 Å². The summed E-state index contributed by atoms with van der Waals surface area (Å²) in [6.07, 6.45) is 4.50. The number of ether oxygens (including phenoxy) is 1. The molecule has 1 heterocycles.